The van der Waals surface area contributed by atoms with Crippen LogP contribution in [0.15, 0.2) is 24.3 Å². The summed E-state index contributed by atoms with van der Waals surface area (Å²) in [5, 5.41) is 0. The zero-order valence-electron chi connectivity index (χ0n) is 11.7. The van der Waals surface area contributed by atoms with E-state index in [-0.39, 0.29) is 11.4 Å². The third-order valence-corrected chi connectivity index (χ3v) is 2.25. The standard InChI is InChI=1S/C15H22O3/c1-12-6-5-7-13(10-12)14(16)18-9-8-17-11-15(2,3)4/h5-7,10H,8-9,11H2,1-4H3. The van der Waals surface area contributed by atoms with Crippen molar-refractivity contribution in [3.63, 3.8) is 0 Å². The fourth-order valence-electron chi connectivity index (χ4n) is 1.43. The molecule has 18 heavy (non-hydrogen) atoms. The van der Waals surface area contributed by atoms with Gasteiger partial charge in [0.25, 0.3) is 0 Å². The van der Waals surface area contributed by atoms with Crippen LogP contribution in [0.25, 0.3) is 0 Å². The smallest absolute Gasteiger partial charge is 0.338 e. The number of rotatable bonds is 5. The summed E-state index contributed by atoms with van der Waals surface area (Å²) in [6, 6.07) is 7.37. The minimum absolute atomic E-state index is 0.139. The van der Waals surface area contributed by atoms with Crippen LogP contribution in [0.1, 0.15) is 36.7 Å². The molecule has 0 saturated heterocycles. The zero-order valence-corrected chi connectivity index (χ0v) is 11.7. The third kappa shape index (κ3) is 5.82. The topological polar surface area (TPSA) is 35.5 Å². The molecule has 1 rings (SSSR count). The van der Waals surface area contributed by atoms with Gasteiger partial charge >= 0.3 is 5.97 Å². The van der Waals surface area contributed by atoms with Crippen LogP contribution < -0.4 is 0 Å². The van der Waals surface area contributed by atoms with Crippen molar-refractivity contribution in [1.82, 2.24) is 0 Å². The van der Waals surface area contributed by atoms with Gasteiger partial charge in [-0.05, 0) is 24.5 Å². The lowest BCUT2D eigenvalue weighted by atomic mass is 9.99. The fraction of sp³-hybridized carbons (Fsp3) is 0.533. The average molecular weight is 250 g/mol. The Bertz CT molecular complexity index is 391. The maximum Gasteiger partial charge on any atom is 0.338 e. The largest absolute Gasteiger partial charge is 0.460 e. The molecule has 100 valence electrons. The Labute approximate surface area is 109 Å². The second-order valence-electron chi connectivity index (χ2n) is 5.62. The summed E-state index contributed by atoms with van der Waals surface area (Å²) >= 11 is 0. The molecule has 3 heteroatoms. The molecule has 0 N–H and O–H groups in total. The van der Waals surface area contributed by atoms with Crippen LogP contribution in [-0.2, 0) is 9.47 Å². The van der Waals surface area contributed by atoms with E-state index < -0.39 is 0 Å². The molecule has 0 amide bonds. The van der Waals surface area contributed by atoms with E-state index in [4.69, 9.17) is 9.47 Å². The molecule has 0 aliphatic rings. The van der Waals surface area contributed by atoms with Crippen molar-refractivity contribution < 1.29 is 14.3 Å². The molecular weight excluding hydrogens is 228 g/mol. The summed E-state index contributed by atoms with van der Waals surface area (Å²) in [6.45, 7) is 9.65. The molecule has 0 saturated carbocycles. The van der Waals surface area contributed by atoms with Gasteiger partial charge < -0.3 is 9.47 Å². The normalized spacial score (nSPS) is 11.3. The second-order valence-corrected chi connectivity index (χ2v) is 5.62. The van der Waals surface area contributed by atoms with Crippen molar-refractivity contribution in [3.8, 4) is 0 Å². The SMILES string of the molecule is Cc1cccc(C(=O)OCCOCC(C)(C)C)c1. The van der Waals surface area contributed by atoms with Crippen molar-refractivity contribution in [1.29, 1.82) is 0 Å². The molecule has 3 nitrogen and oxygen atoms in total. The molecule has 0 atom stereocenters. The molecule has 0 spiro atoms. The Morgan fingerprint density at radius 3 is 2.56 bits per heavy atom. The Hall–Kier alpha value is -1.35. The first-order valence-corrected chi connectivity index (χ1v) is 6.20. The summed E-state index contributed by atoms with van der Waals surface area (Å²) in [5.74, 6) is -0.293. The van der Waals surface area contributed by atoms with E-state index >= 15 is 0 Å². The van der Waals surface area contributed by atoms with Gasteiger partial charge in [-0.25, -0.2) is 4.79 Å². The van der Waals surface area contributed by atoms with Gasteiger partial charge in [-0.3, -0.25) is 0 Å². The highest BCUT2D eigenvalue weighted by Gasteiger charge is 2.10. The Balaban J connectivity index is 2.26. The van der Waals surface area contributed by atoms with E-state index in [1.807, 2.05) is 25.1 Å². The monoisotopic (exact) mass is 250 g/mol. The van der Waals surface area contributed by atoms with Gasteiger partial charge in [-0.1, -0.05) is 38.5 Å². The number of esters is 1. The van der Waals surface area contributed by atoms with Crippen LogP contribution in [-0.4, -0.2) is 25.8 Å². The van der Waals surface area contributed by atoms with E-state index in [0.29, 0.717) is 25.4 Å². The van der Waals surface area contributed by atoms with Crippen molar-refractivity contribution in [2.24, 2.45) is 5.41 Å². The van der Waals surface area contributed by atoms with Crippen LogP contribution in [0.2, 0.25) is 0 Å². The predicted octanol–water partition coefficient (Wildman–Crippen LogP) is 3.21. The summed E-state index contributed by atoms with van der Waals surface area (Å²) in [5.41, 5.74) is 1.78. The minimum Gasteiger partial charge on any atom is -0.460 e. The van der Waals surface area contributed by atoms with Crippen LogP contribution in [0.3, 0.4) is 0 Å². The minimum atomic E-state index is -0.293. The first kappa shape index (κ1) is 14.7. The van der Waals surface area contributed by atoms with Gasteiger partial charge in [0.05, 0.1) is 18.8 Å². The van der Waals surface area contributed by atoms with Gasteiger partial charge in [0.2, 0.25) is 0 Å². The average Bonchev–Trinajstić information content (AvgIpc) is 2.26. The molecular formula is C15H22O3. The lowest BCUT2D eigenvalue weighted by Gasteiger charge is -2.17. The highest BCUT2D eigenvalue weighted by atomic mass is 16.6. The Morgan fingerprint density at radius 2 is 1.94 bits per heavy atom. The third-order valence-electron chi connectivity index (χ3n) is 2.25. The summed E-state index contributed by atoms with van der Waals surface area (Å²) in [4.78, 5) is 11.7. The molecule has 0 aliphatic carbocycles. The first-order chi connectivity index (χ1) is 8.38. The summed E-state index contributed by atoms with van der Waals surface area (Å²) < 4.78 is 10.6. The molecule has 0 radical (unpaired) electrons. The number of ether oxygens (including phenoxy) is 2. The quantitative estimate of drug-likeness (QED) is 0.594. The van der Waals surface area contributed by atoms with Crippen LogP contribution in [0.5, 0.6) is 0 Å². The van der Waals surface area contributed by atoms with Crippen LogP contribution >= 0.6 is 0 Å². The van der Waals surface area contributed by atoms with Crippen molar-refractivity contribution in [3.05, 3.63) is 35.4 Å². The van der Waals surface area contributed by atoms with E-state index in [0.717, 1.165) is 5.56 Å². The van der Waals surface area contributed by atoms with Crippen molar-refractivity contribution in [2.75, 3.05) is 19.8 Å². The maximum atomic E-state index is 11.7. The van der Waals surface area contributed by atoms with Gasteiger partial charge in [0, 0.05) is 0 Å². The molecule has 0 heterocycles. The van der Waals surface area contributed by atoms with Gasteiger partial charge in [-0.2, -0.15) is 0 Å². The fourth-order valence-corrected chi connectivity index (χ4v) is 1.43. The number of aryl methyl sites for hydroxylation is 1. The van der Waals surface area contributed by atoms with Gasteiger partial charge in [0.15, 0.2) is 0 Å². The number of carbonyl (C=O) groups is 1. The molecule has 0 aliphatic heterocycles. The van der Waals surface area contributed by atoms with Gasteiger partial charge in [-0.15, -0.1) is 0 Å². The number of hydrogen-bond acceptors (Lipinski definition) is 3. The molecule has 1 aromatic carbocycles. The summed E-state index contributed by atoms with van der Waals surface area (Å²) in [7, 11) is 0. The molecule has 0 bridgehead atoms. The summed E-state index contributed by atoms with van der Waals surface area (Å²) in [6.07, 6.45) is 0. The zero-order chi connectivity index (χ0) is 13.6. The lowest BCUT2D eigenvalue weighted by molar-refractivity contribution is 0.0179. The number of carbonyl (C=O) groups excluding carboxylic acids is 1. The van der Waals surface area contributed by atoms with E-state index in [2.05, 4.69) is 20.8 Å². The van der Waals surface area contributed by atoms with Crippen LogP contribution in [0.4, 0.5) is 0 Å². The highest BCUT2D eigenvalue weighted by molar-refractivity contribution is 5.89. The van der Waals surface area contributed by atoms with Gasteiger partial charge in [0.1, 0.15) is 6.61 Å². The molecule has 0 aromatic heterocycles. The van der Waals surface area contributed by atoms with E-state index in [1.54, 1.807) is 6.07 Å². The van der Waals surface area contributed by atoms with Crippen molar-refractivity contribution >= 4 is 5.97 Å². The first-order valence-electron chi connectivity index (χ1n) is 6.20. The van der Waals surface area contributed by atoms with E-state index in [1.165, 1.54) is 0 Å². The Morgan fingerprint density at radius 1 is 1.22 bits per heavy atom. The molecule has 1 aromatic rings. The molecule has 0 unspecified atom stereocenters. The maximum absolute atomic E-state index is 11.7. The predicted molar refractivity (Wildman–Crippen MR) is 71.7 cm³/mol. The lowest BCUT2D eigenvalue weighted by Crippen LogP contribution is -2.18. The second kappa shape index (κ2) is 6.55. The van der Waals surface area contributed by atoms with Crippen molar-refractivity contribution in [2.45, 2.75) is 27.7 Å². The van der Waals surface area contributed by atoms with Crippen LogP contribution in [0, 0.1) is 12.3 Å². The Kier molecular flexibility index (Phi) is 5.35. The van der Waals surface area contributed by atoms with E-state index in [9.17, 15) is 4.79 Å². The molecule has 0 fully saturated rings. The number of benzene rings is 1. The highest BCUT2D eigenvalue weighted by Crippen LogP contribution is 2.12. The number of hydrogen-bond donors (Lipinski definition) is 0.